The third-order valence-electron chi connectivity index (χ3n) is 2.69. The first kappa shape index (κ1) is 16.4. The van der Waals surface area contributed by atoms with Crippen LogP contribution >= 0.6 is 0 Å². The smallest absolute Gasteiger partial charge is 0.235 e. The number of nitrogens with one attached hydrogen (secondary N) is 2. The number of carbonyl (C=O) groups is 1. The van der Waals surface area contributed by atoms with E-state index in [-0.39, 0.29) is 6.04 Å². The lowest BCUT2D eigenvalue weighted by Crippen LogP contribution is -2.44. The molecule has 0 fully saturated rings. The van der Waals surface area contributed by atoms with E-state index in [1.807, 2.05) is 13.8 Å². The van der Waals surface area contributed by atoms with Crippen molar-refractivity contribution in [1.29, 1.82) is 0 Å². The zero-order chi connectivity index (χ0) is 13.5. The second-order valence-electron chi connectivity index (χ2n) is 4.21. The highest BCUT2D eigenvalue weighted by atomic mass is 32.2. The second kappa shape index (κ2) is 7.66. The van der Waals surface area contributed by atoms with Crippen LogP contribution in [0.2, 0.25) is 0 Å². The lowest BCUT2D eigenvalue weighted by atomic mass is 10.2. The molecule has 5 nitrogen and oxygen atoms in total. The molecular weight excluding hydrogens is 240 g/mol. The van der Waals surface area contributed by atoms with Gasteiger partial charge in [0.1, 0.15) is 5.75 Å². The Hall–Kier alpha value is -0.620. The Labute approximate surface area is 104 Å². The van der Waals surface area contributed by atoms with Crippen LogP contribution in [0.15, 0.2) is 0 Å². The number of hydrogen-bond acceptors (Lipinski definition) is 4. The van der Waals surface area contributed by atoms with Crippen molar-refractivity contribution in [2.45, 2.75) is 45.4 Å². The van der Waals surface area contributed by atoms with Crippen molar-refractivity contribution >= 4 is 15.7 Å². The molecule has 1 amide bonds. The van der Waals surface area contributed by atoms with E-state index in [0.29, 0.717) is 6.54 Å². The summed E-state index contributed by atoms with van der Waals surface area (Å²) in [6.07, 6.45) is 0.952. The van der Waals surface area contributed by atoms with Crippen molar-refractivity contribution in [3.63, 3.8) is 0 Å². The van der Waals surface area contributed by atoms with E-state index in [4.69, 9.17) is 0 Å². The molecule has 2 atom stereocenters. The lowest BCUT2D eigenvalue weighted by molar-refractivity contribution is -0.118. The minimum Gasteiger partial charge on any atom is -0.356 e. The summed E-state index contributed by atoms with van der Waals surface area (Å²) >= 11 is 0. The summed E-state index contributed by atoms with van der Waals surface area (Å²) in [6, 6.07) is -0.144. The zero-order valence-electron chi connectivity index (χ0n) is 11.1. The molecule has 0 saturated carbocycles. The Bertz CT molecular complexity index is 328. The van der Waals surface area contributed by atoms with Crippen LogP contribution in [-0.4, -0.2) is 44.5 Å². The van der Waals surface area contributed by atoms with Crippen molar-refractivity contribution in [2.75, 3.05) is 18.8 Å². The fourth-order valence-electron chi connectivity index (χ4n) is 1.41. The molecule has 6 heteroatoms. The van der Waals surface area contributed by atoms with Crippen LogP contribution < -0.4 is 10.6 Å². The van der Waals surface area contributed by atoms with Crippen molar-refractivity contribution in [3.05, 3.63) is 0 Å². The number of sulfone groups is 1. The van der Waals surface area contributed by atoms with Gasteiger partial charge < -0.3 is 10.6 Å². The summed E-state index contributed by atoms with van der Waals surface area (Å²) in [5.41, 5.74) is 0. The van der Waals surface area contributed by atoms with Gasteiger partial charge in [-0.3, -0.25) is 4.79 Å². The molecule has 0 aromatic heterocycles. The van der Waals surface area contributed by atoms with E-state index in [1.165, 1.54) is 0 Å². The standard InChI is InChI=1S/C11H24N2O3S/c1-5-7-13-9(3)10(4)17(15,16)8-11(14)12-6-2/h9-10,13H,5-8H2,1-4H3,(H,12,14). The van der Waals surface area contributed by atoms with Crippen LogP contribution in [0.5, 0.6) is 0 Å². The molecule has 0 aliphatic carbocycles. The Morgan fingerprint density at radius 1 is 1.24 bits per heavy atom. The van der Waals surface area contributed by atoms with E-state index in [2.05, 4.69) is 10.6 Å². The van der Waals surface area contributed by atoms with Crippen LogP contribution in [-0.2, 0) is 14.6 Å². The Balaban J connectivity index is 4.43. The Kier molecular flexibility index (Phi) is 7.38. The molecule has 102 valence electrons. The quantitative estimate of drug-likeness (QED) is 0.662. The maximum absolute atomic E-state index is 11.9. The van der Waals surface area contributed by atoms with E-state index in [1.54, 1.807) is 13.8 Å². The summed E-state index contributed by atoms with van der Waals surface area (Å²) in [4.78, 5) is 11.3. The van der Waals surface area contributed by atoms with Gasteiger partial charge in [-0.05, 0) is 33.7 Å². The van der Waals surface area contributed by atoms with Gasteiger partial charge in [0.25, 0.3) is 0 Å². The van der Waals surface area contributed by atoms with Gasteiger partial charge in [-0.25, -0.2) is 8.42 Å². The molecule has 0 radical (unpaired) electrons. The largest absolute Gasteiger partial charge is 0.356 e. The fourth-order valence-corrected chi connectivity index (χ4v) is 2.86. The lowest BCUT2D eigenvalue weighted by Gasteiger charge is -2.21. The predicted octanol–water partition coefficient (Wildman–Crippen LogP) is 0.314. The van der Waals surface area contributed by atoms with E-state index in [0.717, 1.165) is 13.0 Å². The summed E-state index contributed by atoms with van der Waals surface area (Å²) in [6.45, 7) is 8.49. The highest BCUT2D eigenvalue weighted by molar-refractivity contribution is 7.92. The van der Waals surface area contributed by atoms with Crippen molar-refractivity contribution in [1.82, 2.24) is 10.6 Å². The van der Waals surface area contributed by atoms with Gasteiger partial charge in [-0.15, -0.1) is 0 Å². The summed E-state index contributed by atoms with van der Waals surface area (Å²) < 4.78 is 23.8. The Morgan fingerprint density at radius 2 is 1.82 bits per heavy atom. The molecule has 17 heavy (non-hydrogen) atoms. The van der Waals surface area contributed by atoms with Crippen molar-refractivity contribution in [2.24, 2.45) is 0 Å². The first-order valence-corrected chi connectivity index (χ1v) is 7.78. The van der Waals surface area contributed by atoms with Gasteiger partial charge in [0.2, 0.25) is 5.91 Å². The van der Waals surface area contributed by atoms with E-state index < -0.39 is 26.7 Å². The zero-order valence-corrected chi connectivity index (χ0v) is 11.9. The normalized spacial score (nSPS) is 15.3. The molecule has 0 bridgehead atoms. The second-order valence-corrected chi connectivity index (χ2v) is 6.57. The summed E-state index contributed by atoms with van der Waals surface area (Å²) in [5, 5.41) is 5.07. The molecule has 0 aromatic rings. The number of carbonyl (C=O) groups excluding carboxylic acids is 1. The molecule has 0 aliphatic rings. The molecule has 2 N–H and O–H groups in total. The maximum atomic E-state index is 11.9. The van der Waals surface area contributed by atoms with Crippen LogP contribution in [0.1, 0.15) is 34.1 Å². The summed E-state index contributed by atoms with van der Waals surface area (Å²) in [5.74, 6) is -0.859. The maximum Gasteiger partial charge on any atom is 0.235 e. The minimum absolute atomic E-state index is 0.144. The average Bonchev–Trinajstić information content (AvgIpc) is 2.24. The predicted molar refractivity (Wildman–Crippen MR) is 69.7 cm³/mol. The molecule has 0 saturated heterocycles. The fraction of sp³-hybridized carbons (Fsp3) is 0.909. The van der Waals surface area contributed by atoms with Crippen LogP contribution in [0, 0.1) is 0 Å². The monoisotopic (exact) mass is 264 g/mol. The molecule has 0 spiro atoms. The topological polar surface area (TPSA) is 75.3 Å². The first-order chi connectivity index (χ1) is 7.85. The van der Waals surface area contributed by atoms with Crippen LogP contribution in [0.4, 0.5) is 0 Å². The highest BCUT2D eigenvalue weighted by Crippen LogP contribution is 2.07. The van der Waals surface area contributed by atoms with Gasteiger partial charge in [0.05, 0.1) is 5.25 Å². The van der Waals surface area contributed by atoms with E-state index in [9.17, 15) is 13.2 Å². The van der Waals surface area contributed by atoms with Crippen LogP contribution in [0.25, 0.3) is 0 Å². The molecule has 0 aliphatic heterocycles. The van der Waals surface area contributed by atoms with Gasteiger partial charge in [-0.1, -0.05) is 6.92 Å². The third kappa shape index (κ3) is 6.02. The SMILES string of the molecule is CCCNC(C)C(C)S(=O)(=O)CC(=O)NCC. The average molecular weight is 264 g/mol. The van der Waals surface area contributed by atoms with Gasteiger partial charge in [0, 0.05) is 12.6 Å². The van der Waals surface area contributed by atoms with Crippen molar-refractivity contribution < 1.29 is 13.2 Å². The third-order valence-corrected chi connectivity index (χ3v) is 4.90. The molecular formula is C11H24N2O3S. The number of hydrogen-bond donors (Lipinski definition) is 2. The van der Waals surface area contributed by atoms with Crippen LogP contribution in [0.3, 0.4) is 0 Å². The Morgan fingerprint density at radius 3 is 2.29 bits per heavy atom. The number of rotatable bonds is 8. The molecule has 2 unspecified atom stereocenters. The number of amides is 1. The molecule has 0 rings (SSSR count). The minimum atomic E-state index is -3.39. The van der Waals surface area contributed by atoms with Gasteiger partial charge >= 0.3 is 0 Å². The van der Waals surface area contributed by atoms with Gasteiger partial charge in [0.15, 0.2) is 9.84 Å². The molecule has 0 aromatic carbocycles. The highest BCUT2D eigenvalue weighted by Gasteiger charge is 2.28. The van der Waals surface area contributed by atoms with Gasteiger partial charge in [-0.2, -0.15) is 0 Å². The van der Waals surface area contributed by atoms with E-state index >= 15 is 0 Å². The first-order valence-electron chi connectivity index (χ1n) is 6.06. The summed E-state index contributed by atoms with van der Waals surface area (Å²) in [7, 11) is -3.39. The van der Waals surface area contributed by atoms with Crippen molar-refractivity contribution in [3.8, 4) is 0 Å². The molecule has 0 heterocycles.